The molecule has 2 heteroatoms. The molecule has 0 aliphatic heterocycles. The van der Waals surface area contributed by atoms with Crippen LogP contribution in [0.1, 0.15) is 29.7 Å². The zero-order valence-corrected chi connectivity index (χ0v) is 9.62. The second-order valence-electron chi connectivity index (χ2n) is 4.44. The second kappa shape index (κ2) is 3.28. The third-order valence-electron chi connectivity index (χ3n) is 3.38. The highest BCUT2D eigenvalue weighted by molar-refractivity contribution is 6.32. The maximum atomic E-state index is 6.13. The van der Waals surface area contributed by atoms with Gasteiger partial charge in [-0.3, -0.25) is 0 Å². The van der Waals surface area contributed by atoms with E-state index in [4.69, 9.17) is 11.6 Å². The predicted molar refractivity (Wildman–Crippen MR) is 64.7 cm³/mol. The maximum absolute atomic E-state index is 6.13. The van der Waals surface area contributed by atoms with Crippen molar-refractivity contribution in [2.24, 2.45) is 0 Å². The topological polar surface area (TPSA) is 15.8 Å². The van der Waals surface area contributed by atoms with Crippen molar-refractivity contribution in [1.82, 2.24) is 4.98 Å². The van der Waals surface area contributed by atoms with Gasteiger partial charge in [-0.15, -0.1) is 0 Å². The van der Waals surface area contributed by atoms with Gasteiger partial charge in [0.15, 0.2) is 0 Å². The first kappa shape index (κ1) is 9.29. The number of aromatic nitrogens is 1. The zero-order chi connectivity index (χ0) is 10.4. The van der Waals surface area contributed by atoms with Crippen LogP contribution in [0, 0.1) is 6.92 Å². The van der Waals surface area contributed by atoms with E-state index >= 15 is 0 Å². The first-order valence-electron chi connectivity index (χ1n) is 5.55. The Morgan fingerprint density at radius 3 is 2.87 bits per heavy atom. The molecule has 0 radical (unpaired) electrons. The molecule has 0 unspecified atom stereocenters. The summed E-state index contributed by atoms with van der Waals surface area (Å²) in [5, 5.41) is 2.24. The summed E-state index contributed by atoms with van der Waals surface area (Å²) in [7, 11) is 0. The lowest BCUT2D eigenvalue weighted by Gasteiger charge is -2.10. The number of aryl methyl sites for hydroxylation is 3. The Balaban J connectivity index is 2.33. The quantitative estimate of drug-likeness (QED) is 0.689. The van der Waals surface area contributed by atoms with Gasteiger partial charge in [0, 0.05) is 21.6 Å². The molecule has 1 aliphatic rings. The summed E-state index contributed by atoms with van der Waals surface area (Å²) in [6.45, 7) is 2.07. The first-order chi connectivity index (χ1) is 7.25. The highest BCUT2D eigenvalue weighted by Gasteiger charge is 2.15. The third-order valence-corrected chi connectivity index (χ3v) is 3.78. The van der Waals surface area contributed by atoms with Crippen LogP contribution in [0.3, 0.4) is 0 Å². The molecule has 1 nitrogen and oxygen atoms in total. The van der Waals surface area contributed by atoms with Crippen LogP contribution in [0.4, 0.5) is 0 Å². The minimum atomic E-state index is 0.862. The lowest BCUT2D eigenvalue weighted by Crippen LogP contribution is -1.99. The zero-order valence-electron chi connectivity index (χ0n) is 8.86. The highest BCUT2D eigenvalue weighted by Crippen LogP contribution is 2.32. The fourth-order valence-corrected chi connectivity index (χ4v) is 2.70. The molecule has 0 fully saturated rings. The van der Waals surface area contributed by atoms with Gasteiger partial charge in [0.25, 0.3) is 0 Å². The summed E-state index contributed by atoms with van der Waals surface area (Å²) in [6.07, 6.45) is 5.05. The number of benzene rings is 1. The van der Waals surface area contributed by atoms with Gasteiger partial charge in [-0.25, -0.2) is 0 Å². The van der Waals surface area contributed by atoms with Gasteiger partial charge >= 0.3 is 0 Å². The standard InChI is InChI=1S/C13H14ClN/c1-8-6-10-9-4-2-3-5-12(9)15-13(10)7-11(8)14/h6-7,15H,2-5H2,1H3. The van der Waals surface area contributed by atoms with Crippen LogP contribution >= 0.6 is 11.6 Å². The molecule has 1 heterocycles. The van der Waals surface area contributed by atoms with Gasteiger partial charge in [0.05, 0.1) is 0 Å². The average Bonchev–Trinajstić information content (AvgIpc) is 2.57. The van der Waals surface area contributed by atoms with Gasteiger partial charge in [-0.05, 0) is 55.9 Å². The van der Waals surface area contributed by atoms with E-state index in [0.29, 0.717) is 0 Å². The van der Waals surface area contributed by atoms with E-state index in [2.05, 4.69) is 24.0 Å². The van der Waals surface area contributed by atoms with Crippen LogP contribution in [0.5, 0.6) is 0 Å². The van der Waals surface area contributed by atoms with Crippen LogP contribution in [0.2, 0.25) is 5.02 Å². The summed E-state index contributed by atoms with van der Waals surface area (Å²) in [6, 6.07) is 4.28. The molecule has 0 saturated heterocycles. The third kappa shape index (κ3) is 1.37. The number of rotatable bonds is 0. The normalized spacial score (nSPS) is 15.6. The first-order valence-corrected chi connectivity index (χ1v) is 5.93. The van der Waals surface area contributed by atoms with Gasteiger partial charge in [0.1, 0.15) is 0 Å². The van der Waals surface area contributed by atoms with Crippen molar-refractivity contribution in [2.75, 3.05) is 0 Å². The molecule has 1 N–H and O–H groups in total. The number of nitrogens with one attached hydrogen (secondary N) is 1. The molecule has 2 aromatic rings. The minimum absolute atomic E-state index is 0.862. The minimum Gasteiger partial charge on any atom is -0.358 e. The fourth-order valence-electron chi connectivity index (χ4n) is 2.54. The van der Waals surface area contributed by atoms with E-state index in [1.54, 1.807) is 0 Å². The molecule has 0 atom stereocenters. The van der Waals surface area contributed by atoms with Crippen molar-refractivity contribution < 1.29 is 0 Å². The van der Waals surface area contributed by atoms with Crippen LogP contribution in [0.15, 0.2) is 12.1 Å². The van der Waals surface area contributed by atoms with Crippen LogP contribution in [0.25, 0.3) is 10.9 Å². The number of H-pyrrole nitrogens is 1. The summed E-state index contributed by atoms with van der Waals surface area (Å²) < 4.78 is 0. The smallest absolute Gasteiger partial charge is 0.0474 e. The monoisotopic (exact) mass is 219 g/mol. The molecule has 0 saturated carbocycles. The molecular formula is C13H14ClN. The van der Waals surface area contributed by atoms with E-state index < -0.39 is 0 Å². The lowest BCUT2D eigenvalue weighted by atomic mass is 9.95. The number of fused-ring (bicyclic) bond motifs is 3. The number of halogens is 1. The highest BCUT2D eigenvalue weighted by atomic mass is 35.5. The number of hydrogen-bond donors (Lipinski definition) is 1. The maximum Gasteiger partial charge on any atom is 0.0474 e. The Morgan fingerprint density at radius 1 is 1.20 bits per heavy atom. The Hall–Kier alpha value is -0.950. The van der Waals surface area contributed by atoms with Gasteiger partial charge in [-0.1, -0.05) is 11.6 Å². The van der Waals surface area contributed by atoms with Gasteiger partial charge < -0.3 is 4.98 Å². The summed E-state index contributed by atoms with van der Waals surface area (Å²) in [4.78, 5) is 3.50. The Bertz CT molecular complexity index is 525. The van der Waals surface area contributed by atoms with Crippen LogP contribution < -0.4 is 0 Å². The summed E-state index contributed by atoms with van der Waals surface area (Å²) in [5.74, 6) is 0. The average molecular weight is 220 g/mol. The molecule has 1 aromatic heterocycles. The molecule has 78 valence electrons. The van der Waals surface area contributed by atoms with Gasteiger partial charge in [-0.2, -0.15) is 0 Å². The van der Waals surface area contributed by atoms with Crippen LogP contribution in [-0.4, -0.2) is 4.98 Å². The molecule has 3 rings (SSSR count). The summed E-state index contributed by atoms with van der Waals surface area (Å²) >= 11 is 6.13. The molecule has 1 aromatic carbocycles. The predicted octanol–water partition coefficient (Wildman–Crippen LogP) is 4.01. The Morgan fingerprint density at radius 2 is 2.00 bits per heavy atom. The molecule has 0 amide bonds. The van der Waals surface area contributed by atoms with E-state index in [1.807, 2.05) is 0 Å². The van der Waals surface area contributed by atoms with Crippen molar-refractivity contribution >= 4 is 22.5 Å². The van der Waals surface area contributed by atoms with Crippen LogP contribution in [-0.2, 0) is 12.8 Å². The SMILES string of the molecule is Cc1cc2c3c([nH]c2cc1Cl)CCCC3. The largest absolute Gasteiger partial charge is 0.358 e. The van der Waals surface area contributed by atoms with Crippen molar-refractivity contribution in [3.63, 3.8) is 0 Å². The molecule has 0 bridgehead atoms. The fraction of sp³-hybridized carbons (Fsp3) is 0.385. The Kier molecular flexibility index (Phi) is 2.03. The van der Waals surface area contributed by atoms with Crippen molar-refractivity contribution in [3.05, 3.63) is 34.0 Å². The molecular weight excluding hydrogens is 206 g/mol. The second-order valence-corrected chi connectivity index (χ2v) is 4.84. The van der Waals surface area contributed by atoms with Crippen molar-refractivity contribution in [1.29, 1.82) is 0 Å². The van der Waals surface area contributed by atoms with E-state index in [0.717, 1.165) is 5.02 Å². The van der Waals surface area contributed by atoms with E-state index in [9.17, 15) is 0 Å². The molecule has 15 heavy (non-hydrogen) atoms. The van der Waals surface area contributed by atoms with E-state index in [-0.39, 0.29) is 0 Å². The number of aromatic amines is 1. The summed E-state index contributed by atoms with van der Waals surface area (Å²) in [5.41, 5.74) is 5.34. The van der Waals surface area contributed by atoms with Crippen molar-refractivity contribution in [2.45, 2.75) is 32.6 Å². The molecule has 1 aliphatic carbocycles. The van der Waals surface area contributed by atoms with E-state index in [1.165, 1.54) is 53.4 Å². The van der Waals surface area contributed by atoms with Gasteiger partial charge in [0.2, 0.25) is 0 Å². The Labute approximate surface area is 94.4 Å². The van der Waals surface area contributed by atoms with Crippen molar-refractivity contribution in [3.8, 4) is 0 Å². The number of hydrogen-bond acceptors (Lipinski definition) is 0. The molecule has 0 spiro atoms. The lowest BCUT2D eigenvalue weighted by molar-refractivity contribution is 0.680.